The summed E-state index contributed by atoms with van der Waals surface area (Å²) in [6.45, 7) is 1.50. The first-order valence-corrected chi connectivity index (χ1v) is 8.49. The van der Waals surface area contributed by atoms with Gasteiger partial charge >= 0.3 is 0 Å². The molecule has 0 saturated carbocycles. The lowest BCUT2D eigenvalue weighted by Gasteiger charge is -2.13. The minimum Gasteiger partial charge on any atom is -0.495 e. The molecule has 0 spiro atoms. The predicted octanol–water partition coefficient (Wildman–Crippen LogP) is 2.48. The van der Waals surface area contributed by atoms with Crippen molar-refractivity contribution in [1.82, 2.24) is 15.5 Å². The van der Waals surface area contributed by atoms with Gasteiger partial charge in [-0.1, -0.05) is 18.2 Å². The molecule has 2 aromatic carbocycles. The Labute approximate surface area is 160 Å². The number of carbonyl (C=O) groups is 2. The van der Waals surface area contributed by atoms with Gasteiger partial charge in [-0.15, -0.1) is 0 Å². The smallest absolute Gasteiger partial charge is 0.255 e. The number of ether oxygens (including phenoxy) is 1. The van der Waals surface area contributed by atoms with Crippen LogP contribution in [0, 0.1) is 5.82 Å². The number of nitrogens with one attached hydrogen (secondary N) is 2. The van der Waals surface area contributed by atoms with Crippen molar-refractivity contribution >= 4 is 34.9 Å². The zero-order valence-corrected chi connectivity index (χ0v) is 15.3. The summed E-state index contributed by atoms with van der Waals surface area (Å²) in [5.74, 6) is -1.17. The number of methoxy groups -OCH3 is 1. The highest BCUT2D eigenvalue weighted by molar-refractivity contribution is 6.06. The Morgan fingerprint density at radius 1 is 1.29 bits per heavy atom. The van der Waals surface area contributed by atoms with Crippen LogP contribution in [0.5, 0.6) is 5.75 Å². The van der Waals surface area contributed by atoms with Crippen molar-refractivity contribution in [2.24, 2.45) is 5.73 Å². The van der Waals surface area contributed by atoms with E-state index in [4.69, 9.17) is 10.5 Å². The number of aromatic nitrogens is 2. The molecule has 0 aliphatic carbocycles. The molecule has 2 amide bonds. The van der Waals surface area contributed by atoms with E-state index in [0.29, 0.717) is 27.9 Å². The standard InChI is InChI=1S/C20H19FN4O3/c1-11(19(22)26)23-20(27)14-7-9-16-17(18(14)28-2)15(24-25-16)8-6-12-4-3-5-13(21)10-12/h3-11H,1-2H3,(H2,22,26)(H,23,27)(H,24,25)/b8-6+/t11-/m0/s1. The molecule has 1 heterocycles. The second-order valence-corrected chi connectivity index (χ2v) is 6.16. The van der Waals surface area contributed by atoms with Crippen LogP contribution in [0.3, 0.4) is 0 Å². The molecule has 1 aromatic heterocycles. The van der Waals surface area contributed by atoms with E-state index in [2.05, 4.69) is 15.5 Å². The Morgan fingerprint density at radius 2 is 2.07 bits per heavy atom. The number of fused-ring (bicyclic) bond motifs is 1. The minimum absolute atomic E-state index is 0.241. The van der Waals surface area contributed by atoms with E-state index in [0.717, 1.165) is 0 Å². The fourth-order valence-corrected chi connectivity index (χ4v) is 2.75. The molecule has 0 fully saturated rings. The molecule has 8 heteroatoms. The molecule has 0 saturated heterocycles. The fourth-order valence-electron chi connectivity index (χ4n) is 2.75. The van der Waals surface area contributed by atoms with Gasteiger partial charge < -0.3 is 15.8 Å². The lowest BCUT2D eigenvalue weighted by atomic mass is 10.1. The van der Waals surface area contributed by atoms with Crippen molar-refractivity contribution in [2.75, 3.05) is 7.11 Å². The van der Waals surface area contributed by atoms with Crippen molar-refractivity contribution < 1.29 is 18.7 Å². The Hall–Kier alpha value is -3.68. The molecule has 0 bridgehead atoms. The number of amides is 2. The Balaban J connectivity index is 2.02. The number of nitrogens with zero attached hydrogens (tertiary/aromatic N) is 1. The molecule has 3 aromatic rings. The zero-order valence-electron chi connectivity index (χ0n) is 15.3. The number of hydrogen-bond donors (Lipinski definition) is 3. The number of primary amides is 1. The van der Waals surface area contributed by atoms with Crippen molar-refractivity contribution in [3.05, 3.63) is 59.0 Å². The van der Waals surface area contributed by atoms with E-state index in [1.54, 1.807) is 36.4 Å². The van der Waals surface area contributed by atoms with E-state index >= 15 is 0 Å². The first-order valence-electron chi connectivity index (χ1n) is 8.49. The summed E-state index contributed by atoms with van der Waals surface area (Å²) < 4.78 is 18.8. The number of benzene rings is 2. The van der Waals surface area contributed by atoms with Crippen LogP contribution >= 0.6 is 0 Å². The van der Waals surface area contributed by atoms with Crippen LogP contribution in [-0.4, -0.2) is 35.2 Å². The number of H-pyrrole nitrogens is 1. The van der Waals surface area contributed by atoms with E-state index in [-0.39, 0.29) is 11.4 Å². The summed E-state index contributed by atoms with van der Waals surface area (Å²) >= 11 is 0. The van der Waals surface area contributed by atoms with E-state index in [9.17, 15) is 14.0 Å². The molecular formula is C20H19FN4O3. The van der Waals surface area contributed by atoms with Gasteiger partial charge in [0.05, 0.1) is 29.3 Å². The van der Waals surface area contributed by atoms with Crippen molar-refractivity contribution in [1.29, 1.82) is 0 Å². The number of aromatic amines is 1. The third-order valence-corrected chi connectivity index (χ3v) is 4.22. The quantitative estimate of drug-likeness (QED) is 0.608. The van der Waals surface area contributed by atoms with Crippen LogP contribution in [-0.2, 0) is 4.79 Å². The van der Waals surface area contributed by atoms with Crippen molar-refractivity contribution in [3.63, 3.8) is 0 Å². The van der Waals surface area contributed by atoms with Gasteiger partial charge in [0, 0.05) is 0 Å². The SMILES string of the molecule is COc1c(C(=O)N[C@@H](C)C(N)=O)ccc2[nH]nc(/C=C/c3cccc(F)c3)c12. The lowest BCUT2D eigenvalue weighted by molar-refractivity contribution is -0.119. The highest BCUT2D eigenvalue weighted by Gasteiger charge is 2.21. The topological polar surface area (TPSA) is 110 Å². The molecule has 7 nitrogen and oxygen atoms in total. The largest absolute Gasteiger partial charge is 0.495 e. The number of hydrogen-bond acceptors (Lipinski definition) is 4. The predicted molar refractivity (Wildman–Crippen MR) is 104 cm³/mol. The molecule has 0 unspecified atom stereocenters. The zero-order chi connectivity index (χ0) is 20.3. The second kappa shape index (κ2) is 7.91. The molecule has 28 heavy (non-hydrogen) atoms. The average Bonchev–Trinajstić information content (AvgIpc) is 3.08. The molecule has 0 radical (unpaired) electrons. The van der Waals surface area contributed by atoms with Gasteiger partial charge in [-0.3, -0.25) is 14.7 Å². The van der Waals surface area contributed by atoms with Crippen LogP contribution in [0.2, 0.25) is 0 Å². The number of carbonyl (C=O) groups excluding carboxylic acids is 2. The molecule has 0 aliphatic rings. The van der Waals surface area contributed by atoms with Crippen molar-refractivity contribution in [3.8, 4) is 5.75 Å². The van der Waals surface area contributed by atoms with Crippen molar-refractivity contribution in [2.45, 2.75) is 13.0 Å². The maximum atomic E-state index is 13.4. The van der Waals surface area contributed by atoms with Gasteiger partial charge in [0.1, 0.15) is 17.6 Å². The van der Waals surface area contributed by atoms with E-state index in [1.807, 2.05) is 0 Å². The van der Waals surface area contributed by atoms with Gasteiger partial charge in [-0.2, -0.15) is 5.10 Å². The monoisotopic (exact) mass is 382 g/mol. The van der Waals surface area contributed by atoms with Crippen LogP contribution in [0.25, 0.3) is 23.1 Å². The van der Waals surface area contributed by atoms with Gasteiger partial charge in [-0.05, 0) is 42.8 Å². The normalized spacial score (nSPS) is 12.2. The summed E-state index contributed by atoms with van der Waals surface area (Å²) in [5.41, 5.74) is 7.29. The Kier molecular flexibility index (Phi) is 5.39. The summed E-state index contributed by atoms with van der Waals surface area (Å²) in [5, 5.41) is 10.2. The number of halogens is 1. The first-order chi connectivity index (χ1) is 13.4. The minimum atomic E-state index is -0.829. The molecule has 3 rings (SSSR count). The molecule has 4 N–H and O–H groups in total. The second-order valence-electron chi connectivity index (χ2n) is 6.16. The maximum Gasteiger partial charge on any atom is 0.255 e. The summed E-state index contributed by atoms with van der Waals surface area (Å²) in [6, 6.07) is 8.56. The maximum absolute atomic E-state index is 13.4. The number of rotatable bonds is 6. The Bertz CT molecular complexity index is 1070. The summed E-state index contributed by atoms with van der Waals surface area (Å²) in [4.78, 5) is 23.8. The van der Waals surface area contributed by atoms with E-state index < -0.39 is 17.9 Å². The highest BCUT2D eigenvalue weighted by Crippen LogP contribution is 2.32. The van der Waals surface area contributed by atoms with Crippen LogP contribution < -0.4 is 15.8 Å². The summed E-state index contributed by atoms with van der Waals surface area (Å²) in [7, 11) is 1.44. The van der Waals surface area contributed by atoms with Gasteiger partial charge in [0.25, 0.3) is 5.91 Å². The van der Waals surface area contributed by atoms with Crippen LogP contribution in [0.15, 0.2) is 36.4 Å². The molecule has 1 atom stereocenters. The first kappa shape index (κ1) is 19.1. The Morgan fingerprint density at radius 3 is 2.75 bits per heavy atom. The lowest BCUT2D eigenvalue weighted by Crippen LogP contribution is -2.42. The molecule has 0 aliphatic heterocycles. The van der Waals surface area contributed by atoms with Gasteiger partial charge in [0.15, 0.2) is 0 Å². The highest BCUT2D eigenvalue weighted by atomic mass is 19.1. The molecular weight excluding hydrogens is 363 g/mol. The fraction of sp³-hybridized carbons (Fsp3) is 0.150. The van der Waals surface area contributed by atoms with Crippen LogP contribution in [0.4, 0.5) is 4.39 Å². The van der Waals surface area contributed by atoms with Crippen LogP contribution in [0.1, 0.15) is 28.5 Å². The number of nitrogens with two attached hydrogens (primary N) is 1. The van der Waals surface area contributed by atoms with Gasteiger partial charge in [-0.25, -0.2) is 4.39 Å². The third-order valence-electron chi connectivity index (χ3n) is 4.22. The average molecular weight is 382 g/mol. The molecule has 144 valence electrons. The summed E-state index contributed by atoms with van der Waals surface area (Å²) in [6.07, 6.45) is 3.41. The van der Waals surface area contributed by atoms with Gasteiger partial charge in [0.2, 0.25) is 5.91 Å². The van der Waals surface area contributed by atoms with E-state index in [1.165, 1.54) is 26.2 Å². The third kappa shape index (κ3) is 3.85.